The monoisotopic (exact) mass is 466 g/mol. The zero-order valence-electron chi connectivity index (χ0n) is 20.9. The van der Waals surface area contributed by atoms with Crippen molar-refractivity contribution in [2.45, 2.75) is 110 Å². The van der Waals surface area contributed by atoms with Crippen molar-refractivity contribution in [2.24, 2.45) is 46.3 Å². The molecule has 4 rings (SSSR count). The molecule has 4 nitrogen and oxygen atoms in total. The van der Waals surface area contributed by atoms with Crippen molar-refractivity contribution in [3.8, 4) is 0 Å². The van der Waals surface area contributed by atoms with Gasteiger partial charge in [0.2, 0.25) is 0 Å². The first-order valence-electron chi connectivity index (χ1n) is 13.2. The van der Waals surface area contributed by atoms with Gasteiger partial charge in [-0.2, -0.15) is 8.42 Å². The van der Waals surface area contributed by atoms with Gasteiger partial charge in [-0.15, -0.1) is 0 Å². The van der Waals surface area contributed by atoms with Crippen LogP contribution in [-0.2, 0) is 10.1 Å². The van der Waals surface area contributed by atoms with Crippen LogP contribution in [0.25, 0.3) is 0 Å². The molecule has 9 atom stereocenters. The molecule has 3 fully saturated rings. The first-order valence-corrected chi connectivity index (χ1v) is 14.7. The highest BCUT2D eigenvalue weighted by molar-refractivity contribution is 7.86. The minimum atomic E-state index is -4.22. The van der Waals surface area contributed by atoms with Crippen molar-refractivity contribution < 1.29 is 18.1 Å². The van der Waals surface area contributed by atoms with Crippen molar-refractivity contribution in [3.63, 3.8) is 0 Å². The smallest absolute Gasteiger partial charge is 0.268 e. The van der Waals surface area contributed by atoms with Crippen LogP contribution in [0.2, 0.25) is 0 Å². The summed E-state index contributed by atoms with van der Waals surface area (Å²) in [5, 5.41) is 9.49. The largest absolute Gasteiger partial charge is 0.393 e. The molecule has 1 unspecified atom stereocenters. The van der Waals surface area contributed by atoms with Crippen molar-refractivity contribution >= 4 is 10.1 Å². The summed E-state index contributed by atoms with van der Waals surface area (Å²) in [4.78, 5) is 0. The highest BCUT2D eigenvalue weighted by atomic mass is 32.2. The second kappa shape index (κ2) is 8.68. The number of rotatable bonds is 6. The first-order chi connectivity index (χ1) is 14.9. The molecule has 5 heteroatoms. The van der Waals surface area contributed by atoms with Gasteiger partial charge >= 0.3 is 0 Å². The fourth-order valence-corrected chi connectivity index (χ4v) is 10.5. The number of aliphatic hydroxyl groups is 1. The summed E-state index contributed by atoms with van der Waals surface area (Å²) < 4.78 is 35.1. The van der Waals surface area contributed by atoms with Crippen LogP contribution in [-0.4, -0.2) is 29.4 Å². The first kappa shape index (κ1) is 24.7. The highest BCUT2D eigenvalue weighted by Gasteiger charge is 2.62. The van der Waals surface area contributed by atoms with E-state index in [1.165, 1.54) is 38.5 Å². The summed E-state index contributed by atoms with van der Waals surface area (Å²) in [7, 11) is -4.22. The number of fused-ring (bicyclic) bond motifs is 5. The SMILES string of the molecule is CC(C)CCC[C@@H](C)[C@H]1CC[C@H]2[C@@H]3CC=C4C[C@H](O)CC(S(=O)(=O)O)[C@]4(C)[C@H]3CC[C@]12C. The molecule has 4 aliphatic rings. The fraction of sp³-hybridized carbons (Fsp3) is 0.926. The van der Waals surface area contributed by atoms with Gasteiger partial charge in [0.05, 0.1) is 11.4 Å². The van der Waals surface area contributed by atoms with Crippen LogP contribution >= 0.6 is 0 Å². The maximum absolute atomic E-state index is 12.5. The molecule has 184 valence electrons. The second-order valence-corrected chi connectivity index (χ2v) is 14.4. The molecule has 2 N–H and O–H groups in total. The Morgan fingerprint density at radius 2 is 1.81 bits per heavy atom. The van der Waals surface area contributed by atoms with Crippen molar-refractivity contribution in [1.29, 1.82) is 0 Å². The Morgan fingerprint density at radius 3 is 2.47 bits per heavy atom. The van der Waals surface area contributed by atoms with E-state index in [1.54, 1.807) is 0 Å². The standard InChI is InChI=1S/C27H46O4S/c1-17(2)7-6-8-18(3)22-11-12-23-21-10-9-19-15-20(28)16-25(32(29,30)31)27(19,5)24(21)13-14-26(22,23)4/h9,17-18,20-25,28H,6-8,10-16H2,1-5H3,(H,29,30,31)/t18-,20+,21+,22-,23+,24+,25?,26-,27+/m1/s1. The van der Waals surface area contributed by atoms with Gasteiger partial charge in [-0.05, 0) is 85.9 Å². The van der Waals surface area contributed by atoms with Crippen molar-refractivity contribution in [3.05, 3.63) is 11.6 Å². The fourth-order valence-electron chi connectivity index (χ4n) is 9.13. The second-order valence-electron chi connectivity index (χ2n) is 12.8. The van der Waals surface area contributed by atoms with Crippen LogP contribution in [0, 0.1) is 46.3 Å². The summed E-state index contributed by atoms with van der Waals surface area (Å²) in [6, 6.07) is 0. The molecule has 4 aliphatic carbocycles. The molecule has 0 bridgehead atoms. The van der Waals surface area contributed by atoms with E-state index in [-0.39, 0.29) is 12.3 Å². The van der Waals surface area contributed by atoms with Crippen molar-refractivity contribution in [2.75, 3.05) is 0 Å². The lowest BCUT2D eigenvalue weighted by molar-refractivity contribution is -0.0564. The van der Waals surface area contributed by atoms with Crippen LogP contribution in [0.1, 0.15) is 98.8 Å². The van der Waals surface area contributed by atoms with E-state index < -0.39 is 26.9 Å². The Balaban J connectivity index is 1.59. The Morgan fingerprint density at radius 1 is 1.09 bits per heavy atom. The van der Waals surface area contributed by atoms with Gasteiger partial charge in [-0.25, -0.2) is 0 Å². The topological polar surface area (TPSA) is 74.6 Å². The van der Waals surface area contributed by atoms with E-state index >= 15 is 0 Å². The van der Waals surface area contributed by atoms with Gasteiger partial charge in [0.25, 0.3) is 10.1 Å². The summed E-state index contributed by atoms with van der Waals surface area (Å²) in [6.45, 7) is 11.7. The zero-order valence-corrected chi connectivity index (χ0v) is 21.7. The Labute approximate surface area is 196 Å². The average Bonchev–Trinajstić information content (AvgIpc) is 3.04. The highest BCUT2D eigenvalue weighted by Crippen LogP contribution is 2.67. The van der Waals surface area contributed by atoms with Gasteiger partial charge in [0.15, 0.2) is 0 Å². The maximum atomic E-state index is 12.5. The Hall–Kier alpha value is -0.390. The molecule has 0 heterocycles. The lowest BCUT2D eigenvalue weighted by atomic mass is 9.46. The minimum absolute atomic E-state index is 0.160. The van der Waals surface area contributed by atoms with E-state index in [4.69, 9.17) is 0 Å². The quantitative estimate of drug-likeness (QED) is 0.358. The van der Waals surface area contributed by atoms with Crippen LogP contribution in [0.4, 0.5) is 0 Å². The third-order valence-electron chi connectivity index (χ3n) is 10.7. The lowest BCUT2D eigenvalue weighted by Gasteiger charge is -2.59. The Bertz CT molecular complexity index is 833. The Kier molecular flexibility index (Phi) is 6.71. The van der Waals surface area contributed by atoms with E-state index in [0.717, 1.165) is 36.2 Å². The molecule has 0 aromatic heterocycles. The summed E-state index contributed by atoms with van der Waals surface area (Å²) in [5.74, 6) is 3.72. The molecule has 3 saturated carbocycles. The lowest BCUT2D eigenvalue weighted by Crippen LogP contribution is -2.57. The molecule has 32 heavy (non-hydrogen) atoms. The maximum Gasteiger partial charge on any atom is 0.268 e. The zero-order chi connectivity index (χ0) is 23.5. The molecular weight excluding hydrogens is 420 g/mol. The van der Waals surface area contributed by atoms with Crippen LogP contribution in [0.3, 0.4) is 0 Å². The normalized spacial score (nSPS) is 45.1. The van der Waals surface area contributed by atoms with E-state index in [1.807, 2.05) is 0 Å². The van der Waals surface area contributed by atoms with Gasteiger partial charge < -0.3 is 5.11 Å². The predicted octanol–water partition coefficient (Wildman–Crippen LogP) is 6.26. The van der Waals surface area contributed by atoms with Gasteiger partial charge in [-0.3, -0.25) is 4.55 Å². The molecule has 0 amide bonds. The van der Waals surface area contributed by atoms with Crippen LogP contribution in [0.5, 0.6) is 0 Å². The molecule has 0 aromatic rings. The average molecular weight is 467 g/mol. The molecule has 0 aromatic carbocycles. The minimum Gasteiger partial charge on any atom is -0.393 e. The summed E-state index contributed by atoms with van der Waals surface area (Å²) >= 11 is 0. The van der Waals surface area contributed by atoms with Crippen LogP contribution < -0.4 is 0 Å². The molecule has 0 spiro atoms. The van der Waals surface area contributed by atoms with Gasteiger partial charge in [0.1, 0.15) is 0 Å². The van der Waals surface area contributed by atoms with E-state index in [0.29, 0.717) is 23.7 Å². The predicted molar refractivity (Wildman–Crippen MR) is 130 cm³/mol. The third-order valence-corrected chi connectivity index (χ3v) is 12.1. The molecule has 0 aliphatic heterocycles. The summed E-state index contributed by atoms with van der Waals surface area (Å²) in [6.07, 6.45) is 12.1. The number of allylic oxidation sites excluding steroid dienone is 1. The van der Waals surface area contributed by atoms with E-state index in [2.05, 4.69) is 40.7 Å². The molecular formula is C27H46O4S. The van der Waals surface area contributed by atoms with Gasteiger partial charge in [0, 0.05) is 5.41 Å². The molecule has 0 saturated heterocycles. The summed E-state index contributed by atoms with van der Waals surface area (Å²) in [5.41, 5.74) is 0.889. The number of hydrogen-bond acceptors (Lipinski definition) is 3. The third kappa shape index (κ3) is 4.02. The van der Waals surface area contributed by atoms with E-state index in [9.17, 15) is 18.1 Å². The number of hydrogen-bond donors (Lipinski definition) is 2. The number of aliphatic hydroxyl groups excluding tert-OH is 1. The van der Waals surface area contributed by atoms with Gasteiger partial charge in [-0.1, -0.05) is 65.5 Å². The van der Waals surface area contributed by atoms with Crippen molar-refractivity contribution in [1.82, 2.24) is 0 Å². The molecule has 0 radical (unpaired) electrons. The van der Waals surface area contributed by atoms with Crippen LogP contribution in [0.15, 0.2) is 11.6 Å².